The maximum Gasteiger partial charge on any atom is 0.229 e. The number of nitrogens with zero attached hydrogens (tertiary/aromatic N) is 8. The number of aliphatic hydroxyl groups excluding tert-OH is 1. The van der Waals surface area contributed by atoms with Crippen LogP contribution in [0.3, 0.4) is 0 Å². The molecule has 0 aliphatic carbocycles. The van der Waals surface area contributed by atoms with Gasteiger partial charge in [-0.15, -0.1) is 0 Å². The minimum atomic E-state index is -0.0743. The van der Waals surface area contributed by atoms with Gasteiger partial charge in [-0.3, -0.25) is 14.3 Å². The van der Waals surface area contributed by atoms with E-state index >= 15 is 0 Å². The van der Waals surface area contributed by atoms with Crippen molar-refractivity contribution in [2.24, 2.45) is 0 Å². The number of ketones is 1. The average Bonchev–Trinajstić information content (AvgIpc) is 3.36. The molecule has 1 aliphatic heterocycles. The van der Waals surface area contributed by atoms with Crippen LogP contribution in [0, 0.1) is 0 Å². The van der Waals surface area contributed by atoms with E-state index in [1.54, 1.807) is 37.8 Å². The predicted molar refractivity (Wildman–Crippen MR) is 142 cm³/mol. The van der Waals surface area contributed by atoms with Crippen molar-refractivity contribution < 1.29 is 15.0 Å². The van der Waals surface area contributed by atoms with Gasteiger partial charge in [0.15, 0.2) is 17.0 Å². The first-order chi connectivity index (χ1) is 18.0. The van der Waals surface area contributed by atoms with E-state index in [0.29, 0.717) is 55.5 Å². The van der Waals surface area contributed by atoms with Crippen LogP contribution >= 0.6 is 0 Å². The van der Waals surface area contributed by atoms with Crippen LogP contribution in [0.2, 0.25) is 0 Å². The molecule has 2 N–H and O–H groups in total. The highest BCUT2D eigenvalue weighted by molar-refractivity contribution is 5.86. The zero-order valence-corrected chi connectivity index (χ0v) is 20.7. The standard InChI is InChI=1S/C26H30N8O3/c1-19(36)8-11-32(16-17-35)24-23-25(34(18-28-23)21-6-9-27-10-7-21)30-26(29-24)33-14-12-31(13-15-33)20-2-4-22(37)5-3-20/h2-7,9-10,18,35,37H,8,11-17H2,1H3. The summed E-state index contributed by atoms with van der Waals surface area (Å²) in [7, 11) is 0. The highest BCUT2D eigenvalue weighted by Gasteiger charge is 2.24. The molecule has 0 unspecified atom stereocenters. The number of hydrogen-bond acceptors (Lipinski definition) is 10. The molecule has 11 nitrogen and oxygen atoms in total. The normalized spacial score (nSPS) is 13.8. The van der Waals surface area contributed by atoms with Crippen molar-refractivity contribution in [2.45, 2.75) is 13.3 Å². The highest BCUT2D eigenvalue weighted by Crippen LogP contribution is 2.29. The molecule has 192 valence electrons. The Morgan fingerprint density at radius 2 is 1.65 bits per heavy atom. The summed E-state index contributed by atoms with van der Waals surface area (Å²) in [5.41, 5.74) is 3.20. The second kappa shape index (κ2) is 10.8. The molecule has 0 atom stereocenters. The van der Waals surface area contributed by atoms with Crippen LogP contribution in [0.5, 0.6) is 5.75 Å². The van der Waals surface area contributed by atoms with Crippen LogP contribution in [-0.2, 0) is 4.79 Å². The SMILES string of the molecule is CC(=O)CCN(CCO)c1nc(N2CCN(c3ccc(O)cc3)CC2)nc2c1ncn2-c1ccncc1. The number of pyridine rings is 1. The van der Waals surface area contributed by atoms with Crippen LogP contribution in [0.25, 0.3) is 16.9 Å². The van der Waals surface area contributed by atoms with Gasteiger partial charge in [-0.05, 0) is 43.3 Å². The maximum absolute atomic E-state index is 11.7. The fourth-order valence-corrected chi connectivity index (χ4v) is 4.49. The van der Waals surface area contributed by atoms with Crippen molar-refractivity contribution in [3.8, 4) is 11.4 Å². The molecule has 0 bridgehead atoms. The summed E-state index contributed by atoms with van der Waals surface area (Å²) >= 11 is 0. The summed E-state index contributed by atoms with van der Waals surface area (Å²) in [6.07, 6.45) is 5.50. The number of piperazine rings is 1. The summed E-state index contributed by atoms with van der Waals surface area (Å²) in [5.74, 6) is 1.50. The van der Waals surface area contributed by atoms with Crippen LogP contribution in [0.15, 0.2) is 55.1 Å². The van der Waals surface area contributed by atoms with E-state index in [1.807, 2.05) is 33.7 Å². The van der Waals surface area contributed by atoms with Crippen LogP contribution < -0.4 is 14.7 Å². The van der Waals surface area contributed by atoms with Gasteiger partial charge in [0.1, 0.15) is 17.9 Å². The number of Topliss-reactive ketones (excluding diaryl/α,β-unsaturated/α-hetero) is 1. The van der Waals surface area contributed by atoms with E-state index in [-0.39, 0.29) is 18.1 Å². The van der Waals surface area contributed by atoms with Crippen molar-refractivity contribution in [1.29, 1.82) is 0 Å². The largest absolute Gasteiger partial charge is 0.508 e. The number of imidazole rings is 1. The fraction of sp³-hybridized carbons (Fsp3) is 0.346. The van der Waals surface area contributed by atoms with Crippen molar-refractivity contribution in [1.82, 2.24) is 24.5 Å². The highest BCUT2D eigenvalue weighted by atomic mass is 16.3. The zero-order chi connectivity index (χ0) is 25.8. The molecular weight excluding hydrogens is 472 g/mol. The number of rotatable bonds is 9. The van der Waals surface area contributed by atoms with Gasteiger partial charge in [0, 0.05) is 63.8 Å². The summed E-state index contributed by atoms with van der Waals surface area (Å²) in [5, 5.41) is 19.4. The topological polar surface area (TPSA) is 124 Å². The number of aromatic hydroxyl groups is 1. The van der Waals surface area contributed by atoms with Gasteiger partial charge >= 0.3 is 0 Å². The molecule has 11 heteroatoms. The number of benzene rings is 1. The smallest absolute Gasteiger partial charge is 0.229 e. The number of carbonyl (C=O) groups is 1. The molecule has 0 spiro atoms. The molecule has 37 heavy (non-hydrogen) atoms. The summed E-state index contributed by atoms with van der Waals surface area (Å²) < 4.78 is 1.90. The number of fused-ring (bicyclic) bond motifs is 1. The first-order valence-corrected chi connectivity index (χ1v) is 12.3. The number of aliphatic hydroxyl groups is 1. The van der Waals surface area contributed by atoms with Gasteiger partial charge in [0.25, 0.3) is 0 Å². The Labute approximate surface area is 214 Å². The first kappa shape index (κ1) is 24.4. The quantitative estimate of drug-likeness (QED) is 0.351. The lowest BCUT2D eigenvalue weighted by molar-refractivity contribution is -0.116. The van der Waals surface area contributed by atoms with Crippen LogP contribution in [-0.4, -0.2) is 86.4 Å². The van der Waals surface area contributed by atoms with E-state index in [9.17, 15) is 15.0 Å². The molecular formula is C26H30N8O3. The third-order valence-corrected chi connectivity index (χ3v) is 6.49. The molecule has 0 saturated carbocycles. The number of carbonyl (C=O) groups excluding carboxylic acids is 1. The molecule has 1 aliphatic rings. The molecule has 1 saturated heterocycles. The van der Waals surface area contributed by atoms with Crippen LogP contribution in [0.1, 0.15) is 13.3 Å². The molecule has 0 radical (unpaired) electrons. The van der Waals surface area contributed by atoms with Gasteiger partial charge in [-0.1, -0.05) is 0 Å². The molecule has 1 fully saturated rings. The minimum absolute atomic E-state index is 0.0705. The molecule has 4 aromatic rings. The summed E-state index contributed by atoms with van der Waals surface area (Å²) in [6.45, 7) is 5.21. The molecule has 0 amide bonds. The zero-order valence-electron chi connectivity index (χ0n) is 20.7. The number of anilines is 3. The molecule has 4 heterocycles. The predicted octanol–water partition coefficient (Wildman–Crippen LogP) is 2.02. The average molecular weight is 503 g/mol. The molecule has 1 aromatic carbocycles. The number of phenolic OH excluding ortho intramolecular Hbond substituents is 1. The Bertz CT molecular complexity index is 1350. The summed E-state index contributed by atoms with van der Waals surface area (Å²) in [6, 6.07) is 11.0. The van der Waals surface area contributed by atoms with E-state index in [0.717, 1.165) is 24.5 Å². The van der Waals surface area contributed by atoms with E-state index in [4.69, 9.17) is 9.97 Å². The van der Waals surface area contributed by atoms with E-state index in [2.05, 4.69) is 19.8 Å². The molecule has 5 rings (SSSR count). The number of phenols is 1. The fourth-order valence-electron chi connectivity index (χ4n) is 4.49. The first-order valence-electron chi connectivity index (χ1n) is 12.3. The van der Waals surface area contributed by atoms with Crippen molar-refractivity contribution in [2.75, 3.05) is 60.6 Å². The monoisotopic (exact) mass is 502 g/mol. The third kappa shape index (κ3) is 5.31. The Kier molecular flexibility index (Phi) is 7.13. The van der Waals surface area contributed by atoms with Gasteiger partial charge in [0.05, 0.1) is 12.3 Å². The summed E-state index contributed by atoms with van der Waals surface area (Å²) in [4.78, 5) is 36.7. The second-order valence-electron chi connectivity index (χ2n) is 8.99. The lowest BCUT2D eigenvalue weighted by Crippen LogP contribution is -2.47. The lowest BCUT2D eigenvalue weighted by Gasteiger charge is -2.36. The Balaban J connectivity index is 1.50. The van der Waals surface area contributed by atoms with Crippen LogP contribution in [0.4, 0.5) is 17.5 Å². The maximum atomic E-state index is 11.7. The van der Waals surface area contributed by atoms with Crippen molar-refractivity contribution in [3.63, 3.8) is 0 Å². The minimum Gasteiger partial charge on any atom is -0.508 e. The number of aromatic nitrogens is 5. The van der Waals surface area contributed by atoms with Gasteiger partial charge in [0.2, 0.25) is 5.95 Å². The van der Waals surface area contributed by atoms with Crippen molar-refractivity contribution >= 4 is 34.4 Å². The van der Waals surface area contributed by atoms with Gasteiger partial charge in [-0.25, -0.2) is 4.98 Å². The Morgan fingerprint density at radius 3 is 2.32 bits per heavy atom. The Hall–Kier alpha value is -4.25. The molecule has 3 aromatic heterocycles. The van der Waals surface area contributed by atoms with Gasteiger partial charge in [-0.2, -0.15) is 9.97 Å². The van der Waals surface area contributed by atoms with E-state index < -0.39 is 0 Å². The lowest BCUT2D eigenvalue weighted by atomic mass is 10.2. The van der Waals surface area contributed by atoms with Gasteiger partial charge < -0.3 is 24.9 Å². The van der Waals surface area contributed by atoms with Crippen molar-refractivity contribution in [3.05, 3.63) is 55.1 Å². The van der Waals surface area contributed by atoms with E-state index in [1.165, 1.54) is 0 Å². The number of hydrogen-bond donors (Lipinski definition) is 2. The second-order valence-corrected chi connectivity index (χ2v) is 8.99. The Morgan fingerprint density at radius 1 is 0.946 bits per heavy atom. The third-order valence-electron chi connectivity index (χ3n) is 6.49.